The highest BCUT2D eigenvalue weighted by Gasteiger charge is 2.10. The second kappa shape index (κ2) is 6.27. The van der Waals surface area contributed by atoms with E-state index in [4.69, 9.17) is 4.74 Å². The molecule has 0 aliphatic rings. The van der Waals surface area contributed by atoms with Gasteiger partial charge in [0.25, 0.3) is 0 Å². The zero-order valence-corrected chi connectivity index (χ0v) is 11.4. The van der Waals surface area contributed by atoms with Crippen molar-refractivity contribution in [2.75, 3.05) is 23.2 Å². The molecule has 0 aromatic heterocycles. The minimum absolute atomic E-state index is 0.0331. The van der Waals surface area contributed by atoms with Gasteiger partial charge in [-0.25, -0.2) is 8.42 Å². The molecule has 0 atom stereocenters. The van der Waals surface area contributed by atoms with Crippen LogP contribution in [0.4, 0.5) is 5.69 Å². The van der Waals surface area contributed by atoms with Crippen LogP contribution >= 0.6 is 21.6 Å². The molecule has 0 spiro atoms. The molecule has 0 radical (unpaired) electrons. The second-order valence-electron chi connectivity index (χ2n) is 2.85. The molecular weight excluding hydrogens is 266 g/mol. The highest BCUT2D eigenvalue weighted by atomic mass is 33.1. The quantitative estimate of drug-likeness (QED) is 0.810. The largest absolute Gasteiger partial charge is 0.497 e. The van der Waals surface area contributed by atoms with Crippen LogP contribution in [-0.2, 0) is 10.0 Å². The van der Waals surface area contributed by atoms with E-state index >= 15 is 0 Å². The molecule has 1 N–H and O–H groups in total. The lowest BCUT2D eigenvalue weighted by atomic mass is 10.3. The summed E-state index contributed by atoms with van der Waals surface area (Å²) in [5.41, 5.74) is 0.515. The Kier molecular flexibility index (Phi) is 5.30. The molecule has 90 valence electrons. The van der Waals surface area contributed by atoms with Crippen molar-refractivity contribution >= 4 is 37.3 Å². The molecule has 1 rings (SSSR count). The first-order valence-corrected chi connectivity index (χ1v) is 8.75. The van der Waals surface area contributed by atoms with Crippen LogP contribution in [-0.4, -0.2) is 26.9 Å². The first-order chi connectivity index (χ1) is 7.57. The number of sulfonamides is 1. The smallest absolute Gasteiger partial charge is 0.242 e. The van der Waals surface area contributed by atoms with Crippen molar-refractivity contribution in [1.29, 1.82) is 0 Å². The normalized spacial score (nSPS) is 11.1. The Hall–Kier alpha value is -0.530. The Morgan fingerprint density at radius 2 is 2.19 bits per heavy atom. The molecule has 0 aliphatic carbocycles. The summed E-state index contributed by atoms with van der Waals surface area (Å²) in [4.78, 5) is 0. The summed E-state index contributed by atoms with van der Waals surface area (Å²) >= 11 is 0. The predicted octanol–water partition coefficient (Wildman–Crippen LogP) is 2.41. The predicted molar refractivity (Wildman–Crippen MR) is 71.5 cm³/mol. The van der Waals surface area contributed by atoms with Gasteiger partial charge in [0.05, 0.1) is 12.8 Å². The van der Waals surface area contributed by atoms with Gasteiger partial charge in [0.2, 0.25) is 10.0 Å². The summed E-state index contributed by atoms with van der Waals surface area (Å²) in [6, 6.07) is 6.82. The third-order valence-corrected chi connectivity index (χ3v) is 5.65. The van der Waals surface area contributed by atoms with Crippen LogP contribution in [0.2, 0.25) is 0 Å². The molecule has 16 heavy (non-hydrogen) atoms. The van der Waals surface area contributed by atoms with Crippen molar-refractivity contribution in [3.8, 4) is 5.75 Å². The number of rotatable bonds is 6. The Bertz CT molecular complexity index is 433. The third-order valence-electron chi connectivity index (χ3n) is 1.66. The van der Waals surface area contributed by atoms with Gasteiger partial charge in [0, 0.05) is 6.07 Å². The maximum atomic E-state index is 11.6. The minimum atomic E-state index is -3.29. The monoisotopic (exact) mass is 279 g/mol. The van der Waals surface area contributed by atoms with Crippen LogP contribution in [0.3, 0.4) is 0 Å². The molecule has 0 unspecified atom stereocenters. The van der Waals surface area contributed by atoms with Gasteiger partial charge >= 0.3 is 0 Å². The molecule has 0 saturated heterocycles. The van der Waals surface area contributed by atoms with Gasteiger partial charge in [-0.05, 0) is 18.4 Å². The van der Waals surface area contributed by atoms with Crippen molar-refractivity contribution in [2.24, 2.45) is 0 Å². The number of hydrogen-bond acceptors (Lipinski definition) is 5. The van der Waals surface area contributed by atoms with Crippen LogP contribution < -0.4 is 9.46 Å². The number of nitrogens with one attached hydrogen (secondary N) is 1. The van der Waals surface area contributed by atoms with E-state index in [1.807, 2.05) is 6.26 Å². The van der Waals surface area contributed by atoms with Gasteiger partial charge in [-0.3, -0.25) is 4.72 Å². The molecule has 0 saturated carbocycles. The van der Waals surface area contributed by atoms with Crippen molar-refractivity contribution in [2.45, 2.75) is 0 Å². The molecule has 1 aromatic carbocycles. The Balaban J connectivity index is 2.72. The summed E-state index contributed by atoms with van der Waals surface area (Å²) in [6.45, 7) is 0. The van der Waals surface area contributed by atoms with E-state index in [1.165, 1.54) is 28.7 Å². The van der Waals surface area contributed by atoms with E-state index in [2.05, 4.69) is 4.72 Å². The number of benzene rings is 1. The number of hydrogen-bond donors (Lipinski definition) is 1. The maximum Gasteiger partial charge on any atom is 0.242 e. The van der Waals surface area contributed by atoms with Crippen molar-refractivity contribution in [3.05, 3.63) is 24.3 Å². The van der Waals surface area contributed by atoms with Gasteiger partial charge in [-0.2, -0.15) is 0 Å². The maximum absolute atomic E-state index is 11.6. The van der Waals surface area contributed by atoms with Gasteiger partial charge < -0.3 is 4.74 Å². The fraction of sp³-hybridized carbons (Fsp3) is 0.333. The highest BCUT2D eigenvalue weighted by molar-refractivity contribution is 8.77. The minimum Gasteiger partial charge on any atom is -0.497 e. The standard InChI is InChI=1S/C9H13NO3S3/c1-13-9-5-3-4-8(6-9)10-16(11,12)7-15-14-2/h3-6,10H,7H2,1-2H3. The van der Waals surface area contributed by atoms with E-state index in [9.17, 15) is 8.42 Å². The summed E-state index contributed by atoms with van der Waals surface area (Å²) in [6.07, 6.45) is 1.84. The number of methoxy groups -OCH3 is 1. The topological polar surface area (TPSA) is 55.4 Å². The Morgan fingerprint density at radius 3 is 2.81 bits per heavy atom. The van der Waals surface area contributed by atoms with Gasteiger partial charge in [-0.15, -0.1) is 0 Å². The van der Waals surface area contributed by atoms with Gasteiger partial charge in [0.1, 0.15) is 10.8 Å². The first kappa shape index (κ1) is 13.5. The zero-order valence-electron chi connectivity index (χ0n) is 8.97. The van der Waals surface area contributed by atoms with Gasteiger partial charge in [0.15, 0.2) is 0 Å². The van der Waals surface area contributed by atoms with Crippen molar-refractivity contribution < 1.29 is 13.2 Å². The van der Waals surface area contributed by atoms with Crippen LogP contribution in [0, 0.1) is 0 Å². The van der Waals surface area contributed by atoms with Crippen LogP contribution in [0.15, 0.2) is 24.3 Å². The summed E-state index contributed by atoms with van der Waals surface area (Å²) in [7, 11) is 0.952. The average molecular weight is 279 g/mol. The summed E-state index contributed by atoms with van der Waals surface area (Å²) < 4.78 is 30.6. The highest BCUT2D eigenvalue weighted by Crippen LogP contribution is 2.22. The van der Waals surface area contributed by atoms with E-state index < -0.39 is 10.0 Å². The molecule has 0 amide bonds. The van der Waals surface area contributed by atoms with Crippen molar-refractivity contribution in [3.63, 3.8) is 0 Å². The molecular formula is C9H13NO3S3. The fourth-order valence-corrected chi connectivity index (χ4v) is 4.63. The van der Waals surface area contributed by atoms with E-state index in [1.54, 1.807) is 24.3 Å². The van der Waals surface area contributed by atoms with E-state index in [0.29, 0.717) is 11.4 Å². The lowest BCUT2D eigenvalue weighted by molar-refractivity contribution is 0.415. The van der Waals surface area contributed by atoms with Crippen LogP contribution in [0.1, 0.15) is 0 Å². The molecule has 0 aliphatic heterocycles. The number of anilines is 1. The summed E-state index contributed by atoms with van der Waals surface area (Å²) in [5.74, 6) is 0.623. The zero-order chi connectivity index (χ0) is 12.0. The lowest BCUT2D eigenvalue weighted by Gasteiger charge is -2.08. The lowest BCUT2D eigenvalue weighted by Crippen LogP contribution is -2.14. The van der Waals surface area contributed by atoms with Gasteiger partial charge in [-0.1, -0.05) is 27.7 Å². The molecule has 4 nitrogen and oxygen atoms in total. The molecule has 0 heterocycles. The molecule has 0 bridgehead atoms. The van der Waals surface area contributed by atoms with E-state index in [0.717, 1.165) is 0 Å². The van der Waals surface area contributed by atoms with Crippen molar-refractivity contribution in [1.82, 2.24) is 0 Å². The summed E-state index contributed by atoms with van der Waals surface area (Å²) in [5, 5.41) is 0.0331. The second-order valence-corrected chi connectivity index (χ2v) is 7.50. The van der Waals surface area contributed by atoms with Crippen LogP contribution in [0.25, 0.3) is 0 Å². The Labute approximate surface area is 104 Å². The first-order valence-electron chi connectivity index (χ1n) is 4.37. The molecule has 7 heteroatoms. The fourth-order valence-electron chi connectivity index (χ4n) is 1.01. The SMILES string of the molecule is COc1cccc(NS(=O)(=O)CSSC)c1. The molecule has 1 aromatic rings. The van der Waals surface area contributed by atoms with E-state index in [-0.39, 0.29) is 5.08 Å². The van der Waals surface area contributed by atoms with Crippen LogP contribution in [0.5, 0.6) is 5.75 Å². The molecule has 0 fully saturated rings. The average Bonchev–Trinajstić information content (AvgIpc) is 2.26. The Morgan fingerprint density at radius 1 is 1.44 bits per heavy atom. The third kappa shape index (κ3) is 4.54. The number of ether oxygens (including phenoxy) is 1.